The predicted octanol–water partition coefficient (Wildman–Crippen LogP) is 1.39. The highest BCUT2D eigenvalue weighted by molar-refractivity contribution is 7.12. The van der Waals surface area contributed by atoms with Crippen LogP contribution in [0.4, 0.5) is 5.69 Å². The number of rotatable bonds is 6. The summed E-state index contributed by atoms with van der Waals surface area (Å²) < 4.78 is 0. The van der Waals surface area contributed by atoms with Crippen LogP contribution in [0.1, 0.15) is 27.0 Å². The topological polar surface area (TPSA) is 90.0 Å². The van der Waals surface area contributed by atoms with E-state index in [1.54, 1.807) is 34.5 Å². The lowest BCUT2D eigenvalue weighted by Crippen LogP contribution is -2.56. The van der Waals surface area contributed by atoms with Crippen molar-refractivity contribution < 1.29 is 19.5 Å². The van der Waals surface area contributed by atoms with Crippen molar-refractivity contribution in [2.75, 3.05) is 37.7 Å². The van der Waals surface area contributed by atoms with Crippen LogP contribution in [0.3, 0.4) is 0 Å². The van der Waals surface area contributed by atoms with Crippen LogP contribution in [0.2, 0.25) is 0 Å². The van der Waals surface area contributed by atoms with Crippen LogP contribution < -0.4 is 10.2 Å². The number of hydrogen-bond acceptors (Lipinski definition) is 6. The Morgan fingerprint density at radius 2 is 1.79 bits per heavy atom. The number of hydrogen-bond donors (Lipinski definition) is 2. The maximum absolute atomic E-state index is 12.7. The number of piperazine rings is 1. The van der Waals surface area contributed by atoms with Crippen molar-refractivity contribution in [2.24, 2.45) is 0 Å². The van der Waals surface area contributed by atoms with Crippen molar-refractivity contribution in [3.8, 4) is 0 Å². The van der Waals surface area contributed by atoms with Gasteiger partial charge in [0.15, 0.2) is 5.78 Å². The number of nitrogens with zero attached hydrogens (tertiary/aromatic N) is 2. The number of carbonyl (C=O) groups is 3. The van der Waals surface area contributed by atoms with E-state index in [-0.39, 0.29) is 17.6 Å². The molecule has 2 N–H and O–H groups in total. The first-order valence-corrected chi connectivity index (χ1v) is 9.97. The molecule has 0 saturated carbocycles. The predicted molar refractivity (Wildman–Crippen MR) is 108 cm³/mol. The van der Waals surface area contributed by atoms with E-state index >= 15 is 0 Å². The lowest BCUT2D eigenvalue weighted by atomic mass is 10.1. The van der Waals surface area contributed by atoms with Crippen LogP contribution in [0.5, 0.6) is 0 Å². The quantitative estimate of drug-likeness (QED) is 0.714. The summed E-state index contributed by atoms with van der Waals surface area (Å²) in [5, 5.41) is 14.0. The number of benzene rings is 1. The van der Waals surface area contributed by atoms with E-state index in [0.717, 1.165) is 5.69 Å². The molecule has 1 saturated heterocycles. The van der Waals surface area contributed by atoms with Crippen molar-refractivity contribution in [1.29, 1.82) is 0 Å². The minimum Gasteiger partial charge on any atom is -0.394 e. The standard InChI is InChI=1S/C20H23N3O4S/c1-14(25)15-4-6-16(7-5-15)22-8-10-23(11-9-22)20(27)17(13-24)21-19(26)18-3-2-12-28-18/h2-7,12,17,24H,8-11,13H2,1H3,(H,21,26)/t17-/m0/s1. The SMILES string of the molecule is CC(=O)c1ccc(N2CCN(C(=O)[C@H](CO)NC(=O)c3cccs3)CC2)cc1. The molecule has 7 nitrogen and oxygen atoms in total. The van der Waals surface area contributed by atoms with E-state index in [9.17, 15) is 19.5 Å². The highest BCUT2D eigenvalue weighted by Crippen LogP contribution is 2.18. The summed E-state index contributed by atoms with van der Waals surface area (Å²) in [6.07, 6.45) is 0. The summed E-state index contributed by atoms with van der Waals surface area (Å²) in [6.45, 7) is 3.37. The van der Waals surface area contributed by atoms with E-state index in [2.05, 4.69) is 10.2 Å². The average molecular weight is 401 g/mol. The molecule has 1 aliphatic rings. The Bertz CT molecular complexity index is 828. The van der Waals surface area contributed by atoms with Gasteiger partial charge in [0.05, 0.1) is 11.5 Å². The Morgan fingerprint density at radius 1 is 1.11 bits per heavy atom. The van der Waals surface area contributed by atoms with Crippen molar-refractivity contribution in [1.82, 2.24) is 10.2 Å². The fourth-order valence-corrected chi connectivity index (χ4v) is 3.76. The fourth-order valence-electron chi connectivity index (χ4n) is 3.13. The van der Waals surface area contributed by atoms with Crippen molar-refractivity contribution >= 4 is 34.6 Å². The van der Waals surface area contributed by atoms with Gasteiger partial charge in [-0.2, -0.15) is 0 Å². The lowest BCUT2D eigenvalue weighted by molar-refractivity contribution is -0.134. The van der Waals surface area contributed by atoms with Gasteiger partial charge in [-0.05, 0) is 42.6 Å². The van der Waals surface area contributed by atoms with E-state index < -0.39 is 12.6 Å². The first-order chi connectivity index (χ1) is 13.5. The monoisotopic (exact) mass is 401 g/mol. The van der Waals surface area contributed by atoms with Crippen LogP contribution in [0, 0.1) is 0 Å². The largest absolute Gasteiger partial charge is 0.394 e. The van der Waals surface area contributed by atoms with Gasteiger partial charge in [0.25, 0.3) is 5.91 Å². The number of thiophene rings is 1. The molecule has 148 valence electrons. The number of amides is 2. The van der Waals surface area contributed by atoms with Crippen molar-refractivity contribution in [3.05, 3.63) is 52.2 Å². The molecule has 0 bridgehead atoms. The molecular weight excluding hydrogens is 378 g/mol. The second-order valence-electron chi connectivity index (χ2n) is 6.60. The molecule has 0 aliphatic carbocycles. The molecule has 28 heavy (non-hydrogen) atoms. The van der Waals surface area contributed by atoms with Gasteiger partial charge >= 0.3 is 0 Å². The Labute approximate surface area is 167 Å². The van der Waals surface area contributed by atoms with Gasteiger partial charge in [0.1, 0.15) is 6.04 Å². The number of ketones is 1. The molecule has 1 aromatic carbocycles. The molecule has 1 atom stereocenters. The number of Topliss-reactive ketones (excluding diaryl/α,β-unsaturated/α-hetero) is 1. The molecule has 0 spiro atoms. The highest BCUT2D eigenvalue weighted by Gasteiger charge is 2.28. The minimum atomic E-state index is -0.948. The van der Waals surface area contributed by atoms with E-state index in [1.165, 1.54) is 18.3 Å². The third kappa shape index (κ3) is 4.58. The van der Waals surface area contributed by atoms with Gasteiger partial charge in [-0.15, -0.1) is 11.3 Å². The van der Waals surface area contributed by atoms with Crippen LogP contribution in [0.25, 0.3) is 0 Å². The van der Waals surface area contributed by atoms with Crippen LogP contribution in [-0.4, -0.2) is 66.4 Å². The Morgan fingerprint density at radius 3 is 2.32 bits per heavy atom. The number of carbonyl (C=O) groups excluding carboxylic acids is 3. The summed E-state index contributed by atoms with van der Waals surface area (Å²) in [5.74, 6) is -0.604. The maximum atomic E-state index is 12.7. The molecule has 2 amide bonds. The van der Waals surface area contributed by atoms with E-state index in [4.69, 9.17) is 0 Å². The van der Waals surface area contributed by atoms with Crippen LogP contribution in [-0.2, 0) is 4.79 Å². The van der Waals surface area contributed by atoms with Gasteiger partial charge in [-0.1, -0.05) is 6.07 Å². The molecule has 1 fully saturated rings. The Balaban J connectivity index is 1.56. The summed E-state index contributed by atoms with van der Waals surface area (Å²) in [4.78, 5) is 40.6. The van der Waals surface area contributed by atoms with Gasteiger partial charge in [0, 0.05) is 37.4 Å². The number of aliphatic hydroxyl groups excluding tert-OH is 1. The van der Waals surface area contributed by atoms with Gasteiger partial charge in [-0.25, -0.2) is 0 Å². The molecule has 3 rings (SSSR count). The lowest BCUT2D eigenvalue weighted by Gasteiger charge is -2.37. The molecule has 8 heteroatoms. The summed E-state index contributed by atoms with van der Waals surface area (Å²) in [6, 6.07) is 9.91. The zero-order chi connectivity index (χ0) is 20.1. The summed E-state index contributed by atoms with van der Waals surface area (Å²) in [5.41, 5.74) is 1.67. The van der Waals surface area contributed by atoms with Crippen molar-refractivity contribution in [2.45, 2.75) is 13.0 Å². The molecule has 2 aromatic rings. The fraction of sp³-hybridized carbons (Fsp3) is 0.350. The molecule has 0 radical (unpaired) electrons. The first kappa shape index (κ1) is 20.0. The zero-order valence-electron chi connectivity index (χ0n) is 15.6. The molecule has 0 unspecified atom stereocenters. The second-order valence-corrected chi connectivity index (χ2v) is 7.55. The first-order valence-electron chi connectivity index (χ1n) is 9.09. The van der Waals surface area contributed by atoms with E-state index in [0.29, 0.717) is 36.6 Å². The second kappa shape index (κ2) is 8.99. The molecule has 1 aliphatic heterocycles. The number of aliphatic hydroxyl groups is 1. The molecule has 1 aromatic heterocycles. The number of nitrogens with one attached hydrogen (secondary N) is 1. The zero-order valence-corrected chi connectivity index (χ0v) is 16.4. The van der Waals surface area contributed by atoms with Gasteiger partial charge < -0.3 is 20.2 Å². The van der Waals surface area contributed by atoms with Crippen molar-refractivity contribution in [3.63, 3.8) is 0 Å². The molecule has 2 heterocycles. The highest BCUT2D eigenvalue weighted by atomic mass is 32.1. The Kier molecular flexibility index (Phi) is 6.43. The molecular formula is C20H23N3O4S. The van der Waals surface area contributed by atoms with Gasteiger partial charge in [0.2, 0.25) is 5.91 Å². The van der Waals surface area contributed by atoms with Crippen LogP contribution >= 0.6 is 11.3 Å². The minimum absolute atomic E-state index is 0.0293. The Hall–Kier alpha value is -2.71. The normalized spacial score (nSPS) is 15.2. The van der Waals surface area contributed by atoms with Crippen LogP contribution in [0.15, 0.2) is 41.8 Å². The maximum Gasteiger partial charge on any atom is 0.262 e. The third-order valence-electron chi connectivity index (χ3n) is 4.76. The van der Waals surface area contributed by atoms with Gasteiger partial charge in [-0.3, -0.25) is 14.4 Å². The smallest absolute Gasteiger partial charge is 0.262 e. The summed E-state index contributed by atoms with van der Waals surface area (Å²) in [7, 11) is 0. The third-order valence-corrected chi connectivity index (χ3v) is 5.63. The van der Waals surface area contributed by atoms with E-state index in [1.807, 2.05) is 12.1 Å². The average Bonchev–Trinajstić information content (AvgIpc) is 3.26. The number of anilines is 1. The summed E-state index contributed by atoms with van der Waals surface area (Å²) >= 11 is 1.29.